The monoisotopic (exact) mass is 223 g/mol. The summed E-state index contributed by atoms with van der Waals surface area (Å²) >= 11 is 0. The van der Waals surface area contributed by atoms with Crippen LogP contribution in [0.1, 0.15) is 37.2 Å². The Balaban J connectivity index is 2.39. The van der Waals surface area contributed by atoms with Gasteiger partial charge < -0.3 is 10.5 Å². The first-order valence-corrected chi connectivity index (χ1v) is 5.35. The summed E-state index contributed by atoms with van der Waals surface area (Å²) in [6, 6.07) is 0. The van der Waals surface area contributed by atoms with E-state index >= 15 is 0 Å². The summed E-state index contributed by atoms with van der Waals surface area (Å²) in [5, 5.41) is 0. The molecule has 0 saturated heterocycles. The lowest BCUT2D eigenvalue weighted by atomic mass is 10.1. The van der Waals surface area contributed by atoms with Gasteiger partial charge in [0.15, 0.2) is 11.5 Å². The second kappa shape index (κ2) is 6.05. The number of rotatable bonds is 5. The van der Waals surface area contributed by atoms with Crippen LogP contribution in [0, 0.1) is 5.92 Å². The minimum Gasteiger partial charge on any atom is -0.461 e. The predicted molar refractivity (Wildman–Crippen MR) is 60.8 cm³/mol. The third-order valence-corrected chi connectivity index (χ3v) is 2.08. The van der Waals surface area contributed by atoms with E-state index in [1.54, 1.807) is 0 Å². The van der Waals surface area contributed by atoms with Gasteiger partial charge in [-0.1, -0.05) is 13.8 Å². The first-order chi connectivity index (χ1) is 7.61. The van der Waals surface area contributed by atoms with Gasteiger partial charge in [-0.25, -0.2) is 14.8 Å². The Kier molecular flexibility index (Phi) is 4.69. The normalized spacial score (nSPS) is 10.4. The van der Waals surface area contributed by atoms with Crippen molar-refractivity contribution in [3.8, 4) is 0 Å². The molecule has 0 atom stereocenters. The number of aromatic nitrogens is 2. The van der Waals surface area contributed by atoms with Gasteiger partial charge in [-0.15, -0.1) is 0 Å². The summed E-state index contributed by atoms with van der Waals surface area (Å²) in [5.41, 5.74) is 5.59. The van der Waals surface area contributed by atoms with Crippen LogP contribution < -0.4 is 5.73 Å². The van der Waals surface area contributed by atoms with E-state index < -0.39 is 5.97 Å². The molecule has 0 fully saturated rings. The highest BCUT2D eigenvalue weighted by Crippen LogP contribution is 2.07. The molecular weight excluding hydrogens is 206 g/mol. The van der Waals surface area contributed by atoms with Gasteiger partial charge in [0.25, 0.3) is 0 Å². The fourth-order valence-corrected chi connectivity index (χ4v) is 1.23. The zero-order chi connectivity index (χ0) is 12.0. The van der Waals surface area contributed by atoms with Crippen LogP contribution in [0.4, 0.5) is 5.82 Å². The first-order valence-electron chi connectivity index (χ1n) is 5.35. The van der Waals surface area contributed by atoms with Gasteiger partial charge in [0, 0.05) is 12.4 Å². The average molecular weight is 223 g/mol. The number of carbonyl (C=O) groups is 1. The Labute approximate surface area is 95.0 Å². The number of esters is 1. The second-order valence-corrected chi connectivity index (χ2v) is 3.96. The molecular formula is C11H17N3O2. The van der Waals surface area contributed by atoms with E-state index in [1.807, 2.05) is 0 Å². The lowest BCUT2D eigenvalue weighted by Gasteiger charge is -2.06. The highest BCUT2D eigenvalue weighted by molar-refractivity contribution is 5.91. The van der Waals surface area contributed by atoms with Gasteiger partial charge in [0.2, 0.25) is 0 Å². The molecule has 1 aromatic rings. The Hall–Kier alpha value is -1.65. The molecule has 0 aliphatic heterocycles. The Bertz CT molecular complexity index is 353. The van der Waals surface area contributed by atoms with Crippen LogP contribution in [-0.2, 0) is 4.74 Å². The topological polar surface area (TPSA) is 78.1 Å². The van der Waals surface area contributed by atoms with E-state index in [0.717, 1.165) is 12.8 Å². The largest absolute Gasteiger partial charge is 0.461 e. The first kappa shape index (κ1) is 12.4. The second-order valence-electron chi connectivity index (χ2n) is 3.96. The molecule has 5 nitrogen and oxygen atoms in total. The van der Waals surface area contributed by atoms with Gasteiger partial charge in [-0.2, -0.15) is 0 Å². The number of nitrogen functional groups attached to an aromatic ring is 1. The average Bonchev–Trinajstić information content (AvgIpc) is 2.24. The number of carbonyl (C=O) groups excluding carboxylic acids is 1. The minimum absolute atomic E-state index is 0.0899. The molecule has 16 heavy (non-hydrogen) atoms. The van der Waals surface area contributed by atoms with Crippen molar-refractivity contribution in [1.82, 2.24) is 9.97 Å². The molecule has 0 saturated carbocycles. The number of nitrogens with two attached hydrogens (primary N) is 1. The number of nitrogens with zero attached hydrogens (tertiary/aromatic N) is 2. The van der Waals surface area contributed by atoms with Gasteiger partial charge in [0.05, 0.1) is 6.61 Å². The maximum absolute atomic E-state index is 11.5. The highest BCUT2D eigenvalue weighted by atomic mass is 16.5. The van der Waals surface area contributed by atoms with E-state index in [-0.39, 0.29) is 11.5 Å². The molecule has 0 radical (unpaired) electrons. The lowest BCUT2D eigenvalue weighted by molar-refractivity contribution is 0.0489. The standard InChI is InChI=1S/C11H17N3O2/c1-8(2)4-3-7-16-11(15)9-10(12)14-6-5-13-9/h5-6,8H,3-4,7H2,1-2H3,(H2,12,14). The highest BCUT2D eigenvalue weighted by Gasteiger charge is 2.12. The van der Waals surface area contributed by atoms with Crippen molar-refractivity contribution in [3.63, 3.8) is 0 Å². The third-order valence-electron chi connectivity index (χ3n) is 2.08. The van der Waals surface area contributed by atoms with Crippen molar-refractivity contribution in [1.29, 1.82) is 0 Å². The summed E-state index contributed by atoms with van der Waals surface area (Å²) in [6.07, 6.45) is 4.73. The fraction of sp³-hybridized carbons (Fsp3) is 0.545. The van der Waals surface area contributed by atoms with E-state index in [2.05, 4.69) is 23.8 Å². The van der Waals surface area contributed by atoms with Crippen LogP contribution in [0.25, 0.3) is 0 Å². The SMILES string of the molecule is CC(C)CCCOC(=O)c1nccnc1N. The predicted octanol–water partition coefficient (Wildman–Crippen LogP) is 1.65. The number of ether oxygens (including phenoxy) is 1. The summed E-state index contributed by atoms with van der Waals surface area (Å²) in [5.74, 6) is 0.214. The molecule has 0 unspecified atom stereocenters. The molecule has 0 aromatic carbocycles. The number of hydrogen-bond acceptors (Lipinski definition) is 5. The molecule has 1 heterocycles. The van der Waals surface area contributed by atoms with Crippen molar-refractivity contribution in [2.75, 3.05) is 12.3 Å². The third kappa shape index (κ3) is 3.84. The zero-order valence-corrected chi connectivity index (χ0v) is 9.64. The smallest absolute Gasteiger partial charge is 0.360 e. The van der Waals surface area contributed by atoms with E-state index in [9.17, 15) is 4.79 Å². The van der Waals surface area contributed by atoms with Gasteiger partial charge in [-0.05, 0) is 18.8 Å². The van der Waals surface area contributed by atoms with Crippen LogP contribution in [0.15, 0.2) is 12.4 Å². The summed E-state index contributed by atoms with van der Waals surface area (Å²) in [4.78, 5) is 19.1. The molecule has 5 heteroatoms. The van der Waals surface area contributed by atoms with Crippen molar-refractivity contribution in [2.24, 2.45) is 5.92 Å². The molecule has 0 aliphatic carbocycles. The zero-order valence-electron chi connectivity index (χ0n) is 9.64. The van der Waals surface area contributed by atoms with Crippen molar-refractivity contribution >= 4 is 11.8 Å². The molecule has 0 aliphatic rings. The molecule has 0 bridgehead atoms. The quantitative estimate of drug-likeness (QED) is 0.606. The Morgan fingerprint density at radius 3 is 2.75 bits per heavy atom. The summed E-state index contributed by atoms with van der Waals surface area (Å²) in [7, 11) is 0. The molecule has 1 aromatic heterocycles. The molecule has 0 spiro atoms. The van der Waals surface area contributed by atoms with Crippen LogP contribution in [0.2, 0.25) is 0 Å². The fourth-order valence-electron chi connectivity index (χ4n) is 1.23. The molecule has 0 amide bonds. The Morgan fingerprint density at radius 1 is 1.44 bits per heavy atom. The van der Waals surface area contributed by atoms with Crippen molar-refractivity contribution in [3.05, 3.63) is 18.1 Å². The maximum atomic E-state index is 11.5. The molecule has 1 rings (SSSR count). The number of hydrogen-bond donors (Lipinski definition) is 1. The Morgan fingerprint density at radius 2 is 2.12 bits per heavy atom. The van der Waals surface area contributed by atoms with E-state index in [4.69, 9.17) is 10.5 Å². The van der Waals surface area contributed by atoms with Crippen LogP contribution in [0.3, 0.4) is 0 Å². The van der Waals surface area contributed by atoms with Crippen molar-refractivity contribution < 1.29 is 9.53 Å². The van der Waals surface area contributed by atoms with E-state index in [1.165, 1.54) is 12.4 Å². The van der Waals surface area contributed by atoms with Gasteiger partial charge in [0.1, 0.15) is 0 Å². The molecule has 88 valence electrons. The van der Waals surface area contributed by atoms with Crippen LogP contribution in [0.5, 0.6) is 0 Å². The van der Waals surface area contributed by atoms with Gasteiger partial charge in [-0.3, -0.25) is 0 Å². The minimum atomic E-state index is -0.505. The van der Waals surface area contributed by atoms with Crippen molar-refractivity contribution in [2.45, 2.75) is 26.7 Å². The summed E-state index contributed by atoms with van der Waals surface area (Å²) in [6.45, 7) is 4.65. The maximum Gasteiger partial charge on any atom is 0.360 e. The van der Waals surface area contributed by atoms with Crippen LogP contribution >= 0.6 is 0 Å². The molecule has 2 N–H and O–H groups in total. The lowest BCUT2D eigenvalue weighted by Crippen LogP contribution is -2.12. The van der Waals surface area contributed by atoms with Crippen LogP contribution in [-0.4, -0.2) is 22.5 Å². The summed E-state index contributed by atoms with van der Waals surface area (Å²) < 4.78 is 5.04. The van der Waals surface area contributed by atoms with E-state index in [0.29, 0.717) is 12.5 Å². The number of anilines is 1. The van der Waals surface area contributed by atoms with Gasteiger partial charge >= 0.3 is 5.97 Å².